The van der Waals surface area contributed by atoms with Crippen LogP contribution in [0.25, 0.3) is 0 Å². The second kappa shape index (κ2) is 12.0. The summed E-state index contributed by atoms with van der Waals surface area (Å²) < 4.78 is 32.8. The summed E-state index contributed by atoms with van der Waals surface area (Å²) in [6, 6.07) is 22.2. The summed E-state index contributed by atoms with van der Waals surface area (Å²) in [5.41, 5.74) is 0.382. The molecule has 174 valence electrons. The number of rotatable bonds is 11. The van der Waals surface area contributed by atoms with Crippen molar-refractivity contribution in [1.29, 1.82) is 0 Å². The molecule has 0 atom stereocenters. The van der Waals surface area contributed by atoms with Crippen LogP contribution in [0.2, 0.25) is 5.02 Å². The Morgan fingerprint density at radius 2 is 1.67 bits per heavy atom. The van der Waals surface area contributed by atoms with Crippen molar-refractivity contribution in [2.75, 3.05) is 30.3 Å². The van der Waals surface area contributed by atoms with Gasteiger partial charge in [0.25, 0.3) is 10.0 Å². The number of hydrogen-bond acceptors (Lipinski definition) is 5. The number of hydrogen-bond donors (Lipinski definition) is 1. The maximum atomic E-state index is 13.3. The number of thioether (sulfide) groups is 1. The van der Waals surface area contributed by atoms with E-state index in [2.05, 4.69) is 5.32 Å². The summed E-state index contributed by atoms with van der Waals surface area (Å²) in [5.74, 6) is 1.03. The van der Waals surface area contributed by atoms with Crippen LogP contribution in [0.5, 0.6) is 5.75 Å². The highest BCUT2D eigenvalue weighted by atomic mass is 35.5. The quantitative estimate of drug-likeness (QED) is 0.298. The van der Waals surface area contributed by atoms with Gasteiger partial charge in [0.15, 0.2) is 0 Å². The molecule has 0 unspecified atom stereocenters. The molecule has 0 aliphatic rings. The summed E-state index contributed by atoms with van der Waals surface area (Å²) in [6.07, 6.45) is 0.743. The highest BCUT2D eigenvalue weighted by molar-refractivity contribution is 7.99. The second-order valence-electron chi connectivity index (χ2n) is 7.03. The number of carbonyl (C=O) groups is 1. The van der Waals surface area contributed by atoms with Crippen molar-refractivity contribution in [2.24, 2.45) is 0 Å². The normalized spacial score (nSPS) is 11.1. The van der Waals surface area contributed by atoms with E-state index in [0.717, 1.165) is 21.4 Å². The van der Waals surface area contributed by atoms with Crippen LogP contribution in [-0.4, -0.2) is 40.3 Å². The van der Waals surface area contributed by atoms with Gasteiger partial charge in [-0.15, -0.1) is 11.8 Å². The lowest BCUT2D eigenvalue weighted by Gasteiger charge is -2.24. The number of benzene rings is 3. The largest absolute Gasteiger partial charge is 0.497 e. The topological polar surface area (TPSA) is 75.7 Å². The number of methoxy groups -OCH3 is 1. The summed E-state index contributed by atoms with van der Waals surface area (Å²) in [4.78, 5) is 13.9. The van der Waals surface area contributed by atoms with Crippen molar-refractivity contribution in [2.45, 2.75) is 16.2 Å². The Bertz CT molecular complexity index is 1140. The van der Waals surface area contributed by atoms with Crippen molar-refractivity contribution in [3.8, 4) is 5.75 Å². The van der Waals surface area contributed by atoms with Gasteiger partial charge in [0.2, 0.25) is 5.91 Å². The van der Waals surface area contributed by atoms with E-state index in [1.54, 1.807) is 54.2 Å². The zero-order chi connectivity index (χ0) is 23.7. The van der Waals surface area contributed by atoms with Crippen LogP contribution in [0.4, 0.5) is 5.69 Å². The monoisotopic (exact) mass is 504 g/mol. The van der Waals surface area contributed by atoms with E-state index in [9.17, 15) is 13.2 Å². The van der Waals surface area contributed by atoms with Gasteiger partial charge >= 0.3 is 0 Å². The van der Waals surface area contributed by atoms with Crippen LogP contribution in [0, 0.1) is 0 Å². The first-order valence-electron chi connectivity index (χ1n) is 10.3. The second-order valence-corrected chi connectivity index (χ2v) is 10.5. The van der Waals surface area contributed by atoms with Crippen LogP contribution in [0.1, 0.15) is 6.42 Å². The van der Waals surface area contributed by atoms with E-state index >= 15 is 0 Å². The molecule has 0 saturated carbocycles. The minimum absolute atomic E-state index is 0.119. The van der Waals surface area contributed by atoms with Gasteiger partial charge in [0.1, 0.15) is 12.3 Å². The van der Waals surface area contributed by atoms with Crippen molar-refractivity contribution in [1.82, 2.24) is 5.32 Å². The number of sulfonamides is 1. The highest BCUT2D eigenvalue weighted by Gasteiger charge is 2.27. The molecule has 3 aromatic carbocycles. The van der Waals surface area contributed by atoms with E-state index in [4.69, 9.17) is 16.3 Å². The van der Waals surface area contributed by atoms with Crippen molar-refractivity contribution in [3.05, 3.63) is 83.9 Å². The average Bonchev–Trinajstić information content (AvgIpc) is 2.84. The fraction of sp³-hybridized carbons (Fsp3) is 0.208. The molecule has 0 radical (unpaired) electrons. The molecule has 1 N–H and O–H groups in total. The smallest absolute Gasteiger partial charge is 0.264 e. The zero-order valence-corrected chi connectivity index (χ0v) is 20.5. The Morgan fingerprint density at radius 1 is 1.00 bits per heavy atom. The number of anilines is 1. The van der Waals surface area contributed by atoms with Gasteiger partial charge in [0, 0.05) is 16.5 Å². The summed E-state index contributed by atoms with van der Waals surface area (Å²) in [7, 11) is -2.39. The fourth-order valence-corrected chi connectivity index (χ4v) is 5.41. The first kappa shape index (κ1) is 25.0. The number of nitrogens with one attached hydrogen (secondary N) is 1. The van der Waals surface area contributed by atoms with Gasteiger partial charge in [-0.2, -0.15) is 0 Å². The lowest BCUT2D eigenvalue weighted by Crippen LogP contribution is -2.41. The number of amides is 1. The van der Waals surface area contributed by atoms with Gasteiger partial charge in [-0.25, -0.2) is 8.42 Å². The summed E-state index contributed by atoms with van der Waals surface area (Å²) >= 11 is 7.56. The molecule has 0 aromatic heterocycles. The molecular weight excluding hydrogens is 480 g/mol. The maximum Gasteiger partial charge on any atom is 0.264 e. The van der Waals surface area contributed by atoms with Crippen molar-refractivity contribution in [3.63, 3.8) is 0 Å². The third kappa shape index (κ3) is 7.15. The molecule has 6 nitrogen and oxygen atoms in total. The summed E-state index contributed by atoms with van der Waals surface area (Å²) in [5, 5.41) is 3.51. The Hall–Kier alpha value is -2.68. The molecule has 1 amide bonds. The van der Waals surface area contributed by atoms with Gasteiger partial charge < -0.3 is 10.1 Å². The molecule has 0 bridgehead atoms. The third-order valence-electron chi connectivity index (χ3n) is 4.70. The number of ether oxygens (including phenoxy) is 1. The zero-order valence-electron chi connectivity index (χ0n) is 18.1. The molecule has 0 saturated heterocycles. The van der Waals surface area contributed by atoms with Crippen LogP contribution in [0.3, 0.4) is 0 Å². The van der Waals surface area contributed by atoms with E-state index in [1.807, 2.05) is 24.3 Å². The van der Waals surface area contributed by atoms with Crippen LogP contribution < -0.4 is 14.4 Å². The van der Waals surface area contributed by atoms with E-state index in [1.165, 1.54) is 19.2 Å². The van der Waals surface area contributed by atoms with Crippen molar-refractivity contribution >= 4 is 45.0 Å². The predicted octanol–water partition coefficient (Wildman–Crippen LogP) is 4.84. The Kier molecular flexibility index (Phi) is 9.05. The number of nitrogens with zero attached hydrogens (tertiary/aromatic N) is 1. The Morgan fingerprint density at radius 3 is 2.30 bits per heavy atom. The molecule has 33 heavy (non-hydrogen) atoms. The minimum atomic E-state index is -3.93. The van der Waals surface area contributed by atoms with Gasteiger partial charge in [-0.1, -0.05) is 29.8 Å². The standard InChI is InChI=1S/C24H25ClN2O4S2/c1-31-21-12-10-20(11-13-21)27(33(29,30)23-6-3-2-4-7-23)18-24(28)26-16-5-17-32-22-14-8-19(25)9-15-22/h2-4,6-15H,5,16-18H2,1H3,(H,26,28). The van der Waals surface area contributed by atoms with Crippen LogP contribution >= 0.6 is 23.4 Å². The molecular formula is C24H25ClN2O4S2. The van der Waals surface area contributed by atoms with Gasteiger partial charge in [-0.3, -0.25) is 9.10 Å². The SMILES string of the molecule is COc1ccc(N(CC(=O)NCCCSc2ccc(Cl)cc2)S(=O)(=O)c2ccccc2)cc1. The Labute approximate surface area is 204 Å². The Balaban J connectivity index is 1.62. The number of carbonyl (C=O) groups excluding carboxylic acids is 1. The molecule has 0 aliphatic carbocycles. The molecule has 0 aliphatic heterocycles. The predicted molar refractivity (Wildman–Crippen MR) is 134 cm³/mol. The lowest BCUT2D eigenvalue weighted by molar-refractivity contribution is -0.119. The molecule has 0 fully saturated rings. The van der Waals surface area contributed by atoms with E-state index < -0.39 is 10.0 Å². The van der Waals surface area contributed by atoms with Gasteiger partial charge in [0.05, 0.1) is 17.7 Å². The number of halogens is 1. The third-order valence-corrected chi connectivity index (χ3v) is 7.84. The van der Waals surface area contributed by atoms with E-state index in [0.29, 0.717) is 23.0 Å². The molecule has 0 spiro atoms. The summed E-state index contributed by atoms with van der Waals surface area (Å²) in [6.45, 7) is 0.120. The first-order valence-corrected chi connectivity index (χ1v) is 13.1. The fourth-order valence-electron chi connectivity index (χ4n) is 2.99. The molecule has 3 rings (SSSR count). The molecule has 0 heterocycles. The first-order chi connectivity index (χ1) is 15.9. The van der Waals surface area contributed by atoms with Gasteiger partial charge in [-0.05, 0) is 72.8 Å². The maximum absolute atomic E-state index is 13.3. The van der Waals surface area contributed by atoms with E-state index in [-0.39, 0.29) is 17.3 Å². The lowest BCUT2D eigenvalue weighted by atomic mass is 10.3. The van der Waals surface area contributed by atoms with Crippen LogP contribution in [0.15, 0.2) is 88.7 Å². The van der Waals surface area contributed by atoms with Crippen LogP contribution in [-0.2, 0) is 14.8 Å². The minimum Gasteiger partial charge on any atom is -0.497 e. The average molecular weight is 505 g/mol. The molecule has 3 aromatic rings. The highest BCUT2D eigenvalue weighted by Crippen LogP contribution is 2.25. The van der Waals surface area contributed by atoms with Crippen molar-refractivity contribution < 1.29 is 17.9 Å². The molecule has 9 heteroatoms.